The van der Waals surface area contributed by atoms with Crippen LogP contribution in [0.2, 0.25) is 0 Å². The van der Waals surface area contributed by atoms with Crippen molar-refractivity contribution in [1.82, 2.24) is 14.9 Å². The first kappa shape index (κ1) is 22.6. The number of rotatable bonds is 7. The highest BCUT2D eigenvalue weighted by molar-refractivity contribution is 8.00. The quantitative estimate of drug-likeness (QED) is 0.304. The molecule has 0 saturated carbocycles. The molecule has 1 amide bonds. The summed E-state index contributed by atoms with van der Waals surface area (Å²) in [4.78, 5) is 30.7. The fourth-order valence-electron chi connectivity index (χ4n) is 3.32. The molecule has 1 N–H and O–H groups in total. The number of amides is 1. The van der Waals surface area contributed by atoms with Crippen LogP contribution in [0.15, 0.2) is 88.8 Å². The second-order valence-corrected chi connectivity index (χ2v) is 9.19. The molecule has 1 aromatic heterocycles. The summed E-state index contributed by atoms with van der Waals surface area (Å²) in [6.07, 6.45) is 0. The Kier molecular flexibility index (Phi) is 6.79. The van der Waals surface area contributed by atoms with E-state index in [4.69, 9.17) is 9.72 Å². The minimum Gasteiger partial charge on any atom is -0.457 e. The highest BCUT2D eigenvalue weighted by Crippen LogP contribution is 2.27. The topological polar surface area (TPSA) is 73.2 Å². The van der Waals surface area contributed by atoms with E-state index in [1.807, 2.05) is 87.5 Å². The maximum absolute atomic E-state index is 13.4. The summed E-state index contributed by atoms with van der Waals surface area (Å²) in [5.41, 5.74) is 1.07. The van der Waals surface area contributed by atoms with Gasteiger partial charge >= 0.3 is 0 Å². The van der Waals surface area contributed by atoms with Gasteiger partial charge in [0.05, 0.1) is 21.8 Å². The monoisotopic (exact) mass is 459 g/mol. The summed E-state index contributed by atoms with van der Waals surface area (Å²) in [6, 6.07) is 24.0. The average Bonchev–Trinajstić information content (AvgIpc) is 2.80. The smallest absolute Gasteiger partial charge is 0.266 e. The fraction of sp³-hybridized carbons (Fsp3) is 0.192. The van der Waals surface area contributed by atoms with Crippen LogP contribution < -0.4 is 15.6 Å². The summed E-state index contributed by atoms with van der Waals surface area (Å²) in [6.45, 7) is 5.64. The summed E-state index contributed by atoms with van der Waals surface area (Å²) in [5.74, 6) is 1.29. The van der Waals surface area contributed by atoms with Gasteiger partial charge in [-0.2, -0.15) is 0 Å². The zero-order valence-electron chi connectivity index (χ0n) is 18.7. The molecule has 1 atom stereocenters. The Morgan fingerprint density at radius 1 is 0.909 bits per heavy atom. The van der Waals surface area contributed by atoms with Crippen molar-refractivity contribution < 1.29 is 9.53 Å². The summed E-state index contributed by atoms with van der Waals surface area (Å²) >= 11 is 1.26. The van der Waals surface area contributed by atoms with Crippen molar-refractivity contribution in [2.24, 2.45) is 0 Å². The summed E-state index contributed by atoms with van der Waals surface area (Å²) in [7, 11) is 0. The minimum absolute atomic E-state index is 0.0319. The van der Waals surface area contributed by atoms with E-state index in [0.717, 1.165) is 5.75 Å². The third kappa shape index (κ3) is 5.26. The lowest BCUT2D eigenvalue weighted by atomic mass is 10.2. The second kappa shape index (κ2) is 9.92. The number of aromatic nitrogens is 2. The van der Waals surface area contributed by atoms with Crippen molar-refractivity contribution in [3.05, 3.63) is 89.2 Å². The van der Waals surface area contributed by atoms with Gasteiger partial charge in [0.2, 0.25) is 5.91 Å². The van der Waals surface area contributed by atoms with Crippen molar-refractivity contribution in [2.45, 2.75) is 37.2 Å². The Labute approximate surface area is 196 Å². The van der Waals surface area contributed by atoms with Crippen molar-refractivity contribution >= 4 is 28.6 Å². The van der Waals surface area contributed by atoms with Crippen LogP contribution in [0.1, 0.15) is 20.8 Å². The van der Waals surface area contributed by atoms with Crippen LogP contribution in [0.4, 0.5) is 0 Å². The van der Waals surface area contributed by atoms with Gasteiger partial charge in [-0.25, -0.2) is 4.98 Å². The fourth-order valence-corrected chi connectivity index (χ4v) is 4.26. The zero-order valence-corrected chi connectivity index (χ0v) is 19.5. The van der Waals surface area contributed by atoms with E-state index in [1.54, 1.807) is 16.7 Å². The predicted octanol–water partition coefficient (Wildman–Crippen LogP) is 5.18. The standard InChI is InChI=1S/C26H25N3O3S/c1-17(2)27-24(30)18(3)33-26-28-23-12-8-7-11-22(23)25(31)29(26)19-13-15-21(16-14-19)32-20-9-5-4-6-10-20/h4-18H,1-3H3,(H,27,30). The molecule has 1 heterocycles. The van der Waals surface area contributed by atoms with Gasteiger partial charge in [-0.05, 0) is 69.3 Å². The van der Waals surface area contributed by atoms with Gasteiger partial charge in [0.15, 0.2) is 5.16 Å². The number of carbonyl (C=O) groups excluding carboxylic acids is 1. The molecule has 0 fully saturated rings. The van der Waals surface area contributed by atoms with E-state index >= 15 is 0 Å². The summed E-state index contributed by atoms with van der Waals surface area (Å²) in [5, 5.41) is 3.47. The van der Waals surface area contributed by atoms with E-state index in [2.05, 4.69) is 5.32 Å². The molecule has 0 spiro atoms. The van der Waals surface area contributed by atoms with Crippen molar-refractivity contribution in [2.75, 3.05) is 0 Å². The van der Waals surface area contributed by atoms with Crippen LogP contribution >= 0.6 is 11.8 Å². The first-order valence-electron chi connectivity index (χ1n) is 10.7. The Morgan fingerprint density at radius 2 is 1.55 bits per heavy atom. The number of fused-ring (bicyclic) bond motifs is 1. The number of carbonyl (C=O) groups is 1. The first-order chi connectivity index (χ1) is 15.9. The van der Waals surface area contributed by atoms with Crippen LogP contribution in [0.5, 0.6) is 11.5 Å². The van der Waals surface area contributed by atoms with Gasteiger partial charge in [-0.3, -0.25) is 14.2 Å². The minimum atomic E-state index is -0.424. The number of nitrogens with zero attached hydrogens (tertiary/aromatic N) is 2. The van der Waals surface area contributed by atoms with Crippen LogP contribution in [0.25, 0.3) is 16.6 Å². The molecule has 0 aliphatic carbocycles. The van der Waals surface area contributed by atoms with Crippen molar-refractivity contribution in [3.63, 3.8) is 0 Å². The van der Waals surface area contributed by atoms with Crippen LogP contribution in [0.3, 0.4) is 0 Å². The van der Waals surface area contributed by atoms with E-state index in [0.29, 0.717) is 27.5 Å². The highest BCUT2D eigenvalue weighted by Gasteiger charge is 2.20. The second-order valence-electron chi connectivity index (χ2n) is 7.88. The molecular weight excluding hydrogens is 434 g/mol. The molecule has 0 aliphatic rings. The molecule has 168 valence electrons. The number of hydrogen-bond acceptors (Lipinski definition) is 5. The average molecular weight is 460 g/mol. The molecule has 4 rings (SSSR count). The van der Waals surface area contributed by atoms with E-state index in [-0.39, 0.29) is 17.5 Å². The third-order valence-corrected chi connectivity index (χ3v) is 5.95. The van der Waals surface area contributed by atoms with Crippen molar-refractivity contribution in [3.8, 4) is 17.2 Å². The van der Waals surface area contributed by atoms with Crippen LogP contribution in [-0.4, -0.2) is 26.8 Å². The molecule has 33 heavy (non-hydrogen) atoms. The third-order valence-electron chi connectivity index (χ3n) is 4.90. The first-order valence-corrected chi connectivity index (χ1v) is 11.6. The Bertz CT molecular complexity index is 1320. The molecule has 3 aromatic carbocycles. The summed E-state index contributed by atoms with van der Waals surface area (Å²) < 4.78 is 7.43. The number of thioether (sulfide) groups is 1. The van der Waals surface area contributed by atoms with Gasteiger partial charge in [0.1, 0.15) is 11.5 Å². The molecular formula is C26H25N3O3S. The number of ether oxygens (including phenoxy) is 1. The normalized spacial score (nSPS) is 12.0. The number of hydrogen-bond donors (Lipinski definition) is 1. The lowest BCUT2D eigenvalue weighted by Gasteiger charge is -2.17. The lowest BCUT2D eigenvalue weighted by molar-refractivity contribution is -0.120. The predicted molar refractivity (Wildman–Crippen MR) is 132 cm³/mol. The largest absolute Gasteiger partial charge is 0.457 e. The van der Waals surface area contributed by atoms with Gasteiger partial charge in [-0.1, -0.05) is 42.1 Å². The molecule has 0 bridgehead atoms. The van der Waals surface area contributed by atoms with Gasteiger partial charge < -0.3 is 10.1 Å². The van der Waals surface area contributed by atoms with Crippen LogP contribution in [0, 0.1) is 0 Å². The number of para-hydroxylation sites is 2. The molecule has 0 aliphatic heterocycles. The molecule has 0 radical (unpaired) electrons. The van der Waals surface area contributed by atoms with Crippen molar-refractivity contribution in [1.29, 1.82) is 0 Å². The van der Waals surface area contributed by atoms with E-state index < -0.39 is 5.25 Å². The van der Waals surface area contributed by atoms with Gasteiger partial charge in [0, 0.05) is 6.04 Å². The Hall–Kier alpha value is -3.58. The van der Waals surface area contributed by atoms with Gasteiger partial charge in [-0.15, -0.1) is 0 Å². The Balaban J connectivity index is 1.72. The van der Waals surface area contributed by atoms with Gasteiger partial charge in [0.25, 0.3) is 5.56 Å². The maximum atomic E-state index is 13.4. The van der Waals surface area contributed by atoms with Crippen LogP contribution in [-0.2, 0) is 4.79 Å². The molecule has 7 heteroatoms. The molecule has 0 saturated heterocycles. The highest BCUT2D eigenvalue weighted by atomic mass is 32.2. The number of benzene rings is 3. The van der Waals surface area contributed by atoms with E-state index in [1.165, 1.54) is 11.8 Å². The molecule has 4 aromatic rings. The zero-order chi connectivity index (χ0) is 23.4. The lowest BCUT2D eigenvalue weighted by Crippen LogP contribution is -2.36. The SMILES string of the molecule is CC(C)NC(=O)C(C)Sc1nc2ccccc2c(=O)n1-c1ccc(Oc2ccccc2)cc1. The number of nitrogens with one attached hydrogen (secondary N) is 1. The molecule has 6 nitrogen and oxygen atoms in total. The maximum Gasteiger partial charge on any atom is 0.266 e. The Morgan fingerprint density at radius 3 is 2.24 bits per heavy atom. The van der Waals surface area contributed by atoms with E-state index in [9.17, 15) is 9.59 Å². The molecule has 1 unspecified atom stereocenters.